The van der Waals surface area contributed by atoms with Crippen LogP contribution in [0.1, 0.15) is 0 Å². The maximum Gasteiger partial charge on any atom is 0 e. The van der Waals surface area contributed by atoms with E-state index in [0.717, 1.165) is 0 Å². The van der Waals surface area contributed by atoms with E-state index in [1.54, 1.807) is 0 Å². The van der Waals surface area contributed by atoms with Crippen molar-refractivity contribution in [3.63, 3.8) is 0 Å². The van der Waals surface area contributed by atoms with Gasteiger partial charge in [-0.3, -0.25) is 0 Å². The molecule has 0 aliphatic carbocycles. The van der Waals surface area contributed by atoms with E-state index in [1.165, 1.54) is 0 Å². The molecule has 2 heteroatoms. The minimum atomic E-state index is 0. The van der Waals surface area contributed by atoms with E-state index in [0.29, 0.717) is 0 Å². The zero-order valence-electron chi connectivity index (χ0n) is 3.55. The van der Waals surface area contributed by atoms with Crippen LogP contribution in [0.4, 0.5) is 0 Å². The summed E-state index contributed by atoms with van der Waals surface area (Å²) in [6, 6.07) is 0. The van der Waals surface area contributed by atoms with Crippen LogP contribution in [0.3, 0.4) is 0 Å². The summed E-state index contributed by atoms with van der Waals surface area (Å²) in [7, 11) is 0. The normalized spacial score (nSPS) is 41.0. The molecule has 1 saturated heterocycles. The summed E-state index contributed by atoms with van der Waals surface area (Å²) in [5.74, 6) is 0. The molecule has 1 nitrogen and oxygen atoms in total. The summed E-state index contributed by atoms with van der Waals surface area (Å²) in [5, 5.41) is 0. The fourth-order valence-electron chi connectivity index (χ4n) is 0.179. The van der Waals surface area contributed by atoms with Crippen molar-refractivity contribution in [3.8, 4) is 0 Å². The maximum absolute atomic E-state index is 4.69. The van der Waals surface area contributed by atoms with Crippen LogP contribution in [-0.2, 0) is 37.4 Å². The van der Waals surface area contributed by atoms with Gasteiger partial charge in [0.15, 0.2) is 0 Å². The van der Waals surface area contributed by atoms with E-state index in [-0.39, 0.29) is 44.9 Å². The average Bonchev–Trinajstić information content (AvgIpc) is 1.79. The molecule has 1 radical (unpaired) electrons. The second kappa shape index (κ2) is 2.39. The van der Waals surface area contributed by atoms with E-state index in [1.807, 2.05) is 0 Å². The summed E-state index contributed by atoms with van der Waals surface area (Å²) >= 11 is 0. The van der Waals surface area contributed by atoms with Gasteiger partial charge in [-0.2, -0.15) is 0 Å². The molecule has 1 fully saturated rings. The molecule has 6 heavy (non-hydrogen) atoms. The topological polar surface area (TPSA) is 12.5 Å². The Morgan fingerprint density at radius 1 is 1.17 bits per heavy atom. The van der Waals surface area contributed by atoms with E-state index < -0.39 is 0 Å². The van der Waals surface area contributed by atoms with Gasteiger partial charge in [0.25, 0.3) is 0 Å². The van der Waals surface area contributed by atoms with Crippen molar-refractivity contribution in [1.82, 2.24) is 0 Å². The smallest absolute Gasteiger partial charge is 0 e. The minimum Gasteiger partial charge on any atom is -0.439 e. The van der Waals surface area contributed by atoms with Crippen LogP contribution < -0.4 is 0 Å². The molecule has 0 aromatic rings. The second-order valence-corrected chi connectivity index (χ2v) is 1.21. The average molecular weight is 159 g/mol. The van der Waals surface area contributed by atoms with E-state index >= 15 is 0 Å². The number of epoxide rings is 1. The molecule has 0 N–H and O–H groups in total. The first-order valence-corrected chi connectivity index (χ1v) is 1.62. The molecule has 0 aromatic heterocycles. The Morgan fingerprint density at radius 2 is 1.33 bits per heavy atom. The molecule has 0 bridgehead atoms. The summed E-state index contributed by atoms with van der Waals surface area (Å²) in [4.78, 5) is 0. The number of hydrogen-bond acceptors (Lipinski definition) is 1. The molecule has 2 atom stereocenters. The summed E-state index contributed by atoms with van der Waals surface area (Å²) < 4.78 is 4.69. The fraction of sp³-hybridized carbons (Fsp3) is 0.500. The van der Waals surface area contributed by atoms with Crippen LogP contribution in [0.25, 0.3) is 0 Å². The zero-order chi connectivity index (χ0) is 3.86. The standard InChI is InChI=1S/C4H6O.Y/c1-3-4(2)5-3;/h3-4H,1-2H2;/q-2;. The van der Waals surface area contributed by atoms with Crippen LogP contribution in [0.15, 0.2) is 0 Å². The molecule has 0 amide bonds. The van der Waals surface area contributed by atoms with Crippen LogP contribution in [0.2, 0.25) is 0 Å². The molecule has 33 valence electrons. The van der Waals surface area contributed by atoms with Gasteiger partial charge in [-0.1, -0.05) is 12.2 Å². The molecule has 1 aliphatic rings. The van der Waals surface area contributed by atoms with Gasteiger partial charge in [-0.05, 0) is 0 Å². The Bertz CT molecular complexity index is 40.8. The largest absolute Gasteiger partial charge is 0.439 e. The molecule has 1 rings (SSSR count). The minimum absolute atomic E-state index is 0. The van der Waals surface area contributed by atoms with E-state index in [4.69, 9.17) is 4.74 Å². The molecule has 2 unspecified atom stereocenters. The first-order chi connectivity index (χ1) is 2.30. The third-order valence-corrected chi connectivity index (χ3v) is 0.688. The van der Waals surface area contributed by atoms with Crippen LogP contribution >= 0.6 is 0 Å². The first kappa shape index (κ1) is 7.06. The van der Waals surface area contributed by atoms with E-state index in [2.05, 4.69) is 13.8 Å². The molecule has 0 aromatic carbocycles. The second-order valence-electron chi connectivity index (χ2n) is 1.21. The molecular weight excluding hydrogens is 153 g/mol. The molecule has 0 saturated carbocycles. The van der Waals surface area contributed by atoms with Crippen molar-refractivity contribution in [3.05, 3.63) is 13.8 Å². The number of ether oxygens (including phenoxy) is 1. The van der Waals surface area contributed by atoms with Crippen molar-refractivity contribution in [1.29, 1.82) is 0 Å². The molecular formula is C4H6OY-2. The van der Waals surface area contributed by atoms with Gasteiger partial charge < -0.3 is 18.6 Å². The Balaban J connectivity index is 0.000000250. The van der Waals surface area contributed by atoms with Gasteiger partial charge in [0, 0.05) is 32.7 Å². The third-order valence-electron chi connectivity index (χ3n) is 0.688. The van der Waals surface area contributed by atoms with Crippen molar-refractivity contribution in [2.45, 2.75) is 12.2 Å². The summed E-state index contributed by atoms with van der Waals surface area (Å²) in [6.07, 6.45) is 0.380. The SMILES string of the molecule is [CH2-]C1OC1[CH2-].[Y]. The summed E-state index contributed by atoms with van der Waals surface area (Å²) in [6.45, 7) is 7.09. The Hall–Kier alpha value is 1.06. The molecule has 1 heterocycles. The van der Waals surface area contributed by atoms with Gasteiger partial charge >= 0.3 is 0 Å². The Morgan fingerprint density at radius 3 is 1.33 bits per heavy atom. The van der Waals surface area contributed by atoms with Crippen molar-refractivity contribution in [2.75, 3.05) is 0 Å². The first-order valence-electron chi connectivity index (χ1n) is 1.62. The third kappa shape index (κ3) is 1.68. The zero-order valence-corrected chi connectivity index (χ0v) is 6.39. The van der Waals surface area contributed by atoms with Crippen molar-refractivity contribution < 1.29 is 37.4 Å². The van der Waals surface area contributed by atoms with Gasteiger partial charge in [0.1, 0.15) is 0 Å². The van der Waals surface area contributed by atoms with Crippen molar-refractivity contribution in [2.24, 2.45) is 0 Å². The molecule has 1 aliphatic heterocycles. The van der Waals surface area contributed by atoms with Crippen LogP contribution in [-0.4, -0.2) is 12.2 Å². The molecule has 0 spiro atoms. The quantitative estimate of drug-likeness (QED) is 0.368. The van der Waals surface area contributed by atoms with Gasteiger partial charge in [0.05, 0.1) is 0 Å². The predicted molar refractivity (Wildman–Crippen MR) is 19.4 cm³/mol. The van der Waals surface area contributed by atoms with Crippen molar-refractivity contribution >= 4 is 0 Å². The number of hydrogen-bond donors (Lipinski definition) is 0. The van der Waals surface area contributed by atoms with Gasteiger partial charge in [-0.15, -0.1) is 0 Å². The van der Waals surface area contributed by atoms with Gasteiger partial charge in [-0.25, -0.2) is 0 Å². The number of rotatable bonds is 0. The monoisotopic (exact) mass is 159 g/mol. The van der Waals surface area contributed by atoms with E-state index in [9.17, 15) is 0 Å². The summed E-state index contributed by atoms with van der Waals surface area (Å²) in [5.41, 5.74) is 0. The van der Waals surface area contributed by atoms with Crippen LogP contribution in [0, 0.1) is 13.8 Å². The van der Waals surface area contributed by atoms with Gasteiger partial charge in [0.2, 0.25) is 0 Å². The fourth-order valence-corrected chi connectivity index (χ4v) is 0.179. The Labute approximate surface area is 63.3 Å². The predicted octanol–water partition coefficient (Wildman–Crippen LogP) is 0.419. The van der Waals surface area contributed by atoms with Crippen LogP contribution in [0.5, 0.6) is 0 Å². The Kier molecular flexibility index (Phi) is 2.82. The maximum atomic E-state index is 4.69.